The van der Waals surface area contributed by atoms with Gasteiger partial charge >= 0.3 is 0 Å². The predicted octanol–water partition coefficient (Wildman–Crippen LogP) is -0.826. The molecular formula is C4H8N2O2. The monoisotopic (exact) mass is 116 g/mol. The first kappa shape index (κ1) is 6.94. The Morgan fingerprint density at radius 1 is 1.75 bits per heavy atom. The van der Waals surface area contributed by atoms with Crippen LogP contribution in [0.15, 0.2) is 0 Å². The lowest BCUT2D eigenvalue weighted by molar-refractivity contribution is -0.124. The molecular weight excluding hydrogens is 108 g/mol. The molecule has 0 saturated carbocycles. The van der Waals surface area contributed by atoms with Crippen LogP contribution in [0.3, 0.4) is 0 Å². The maximum atomic E-state index is 10.2. The van der Waals surface area contributed by atoms with Crippen LogP contribution in [-0.4, -0.2) is 12.3 Å². The average Bonchev–Trinajstić information content (AvgIpc) is 1.83. The molecule has 0 atom stereocenters. The number of nitrogens with one attached hydrogen (secondary N) is 2. The van der Waals surface area contributed by atoms with E-state index in [2.05, 4.69) is 5.43 Å². The van der Waals surface area contributed by atoms with Crippen LogP contribution in [0.1, 0.15) is 13.3 Å². The number of hydrazine groups is 1. The van der Waals surface area contributed by atoms with E-state index in [1.54, 1.807) is 6.92 Å². The first-order valence-electron chi connectivity index (χ1n) is 2.29. The van der Waals surface area contributed by atoms with E-state index >= 15 is 0 Å². The van der Waals surface area contributed by atoms with Gasteiger partial charge in [0.2, 0.25) is 12.3 Å². The fourth-order valence-electron chi connectivity index (χ4n) is 0.198. The number of hydrogen-bond acceptors (Lipinski definition) is 2. The van der Waals surface area contributed by atoms with Crippen molar-refractivity contribution in [3.05, 3.63) is 0 Å². The summed E-state index contributed by atoms with van der Waals surface area (Å²) in [5.41, 5.74) is 4.14. The molecule has 4 nitrogen and oxygen atoms in total. The summed E-state index contributed by atoms with van der Waals surface area (Å²) < 4.78 is 0. The molecule has 8 heavy (non-hydrogen) atoms. The number of hydrogen-bond donors (Lipinski definition) is 2. The summed E-state index contributed by atoms with van der Waals surface area (Å²) in [6.45, 7) is 1.70. The van der Waals surface area contributed by atoms with Crippen LogP contribution in [-0.2, 0) is 9.59 Å². The van der Waals surface area contributed by atoms with E-state index in [4.69, 9.17) is 0 Å². The fourth-order valence-corrected chi connectivity index (χ4v) is 0.198. The normalized spacial score (nSPS) is 7.62. The van der Waals surface area contributed by atoms with Crippen molar-refractivity contribution < 1.29 is 9.59 Å². The second kappa shape index (κ2) is 4.11. The van der Waals surface area contributed by atoms with Gasteiger partial charge in [0.1, 0.15) is 0 Å². The minimum absolute atomic E-state index is 0.197. The zero-order valence-corrected chi connectivity index (χ0v) is 4.60. The lowest BCUT2D eigenvalue weighted by Crippen LogP contribution is -2.35. The van der Waals surface area contributed by atoms with Gasteiger partial charge in [-0.3, -0.25) is 20.4 Å². The quantitative estimate of drug-likeness (QED) is 0.373. The molecule has 0 bridgehead atoms. The lowest BCUT2D eigenvalue weighted by Gasteiger charge is -1.96. The molecule has 0 fully saturated rings. The molecule has 0 spiro atoms. The van der Waals surface area contributed by atoms with E-state index in [1.807, 2.05) is 5.43 Å². The average molecular weight is 116 g/mol. The maximum Gasteiger partial charge on any atom is 0.238 e. The van der Waals surface area contributed by atoms with Gasteiger partial charge in [-0.1, -0.05) is 6.92 Å². The molecule has 0 radical (unpaired) electrons. The van der Waals surface area contributed by atoms with Crippen molar-refractivity contribution in [1.29, 1.82) is 0 Å². The molecule has 0 aliphatic carbocycles. The largest absolute Gasteiger partial charge is 0.277 e. The van der Waals surface area contributed by atoms with Gasteiger partial charge in [-0.15, -0.1) is 0 Å². The van der Waals surface area contributed by atoms with Gasteiger partial charge in [-0.25, -0.2) is 0 Å². The molecule has 0 aromatic heterocycles. The minimum Gasteiger partial charge on any atom is -0.277 e. The summed E-state index contributed by atoms with van der Waals surface area (Å²) in [5, 5.41) is 0. The van der Waals surface area contributed by atoms with Gasteiger partial charge in [-0.05, 0) is 0 Å². The number of amides is 2. The second-order valence-corrected chi connectivity index (χ2v) is 1.16. The molecule has 2 amide bonds. The first-order valence-corrected chi connectivity index (χ1v) is 2.29. The van der Waals surface area contributed by atoms with Gasteiger partial charge in [-0.2, -0.15) is 0 Å². The Balaban J connectivity index is 3.11. The molecule has 0 aliphatic rings. The van der Waals surface area contributed by atoms with Crippen molar-refractivity contribution in [3.63, 3.8) is 0 Å². The van der Waals surface area contributed by atoms with Crippen molar-refractivity contribution >= 4 is 12.3 Å². The molecule has 46 valence electrons. The van der Waals surface area contributed by atoms with Crippen molar-refractivity contribution in [3.8, 4) is 0 Å². The topological polar surface area (TPSA) is 58.2 Å². The summed E-state index contributed by atoms with van der Waals surface area (Å²) in [4.78, 5) is 19.7. The van der Waals surface area contributed by atoms with Crippen molar-refractivity contribution in [2.75, 3.05) is 0 Å². The highest BCUT2D eigenvalue weighted by Crippen LogP contribution is 1.68. The van der Waals surface area contributed by atoms with E-state index in [9.17, 15) is 9.59 Å². The summed E-state index contributed by atoms with van der Waals surface area (Å²) in [5.74, 6) is -0.197. The van der Waals surface area contributed by atoms with Gasteiger partial charge < -0.3 is 0 Å². The molecule has 0 aromatic rings. The van der Waals surface area contributed by atoms with E-state index < -0.39 is 0 Å². The van der Waals surface area contributed by atoms with Crippen LogP contribution < -0.4 is 10.9 Å². The number of carbonyl (C=O) groups is 2. The fraction of sp³-hybridized carbons (Fsp3) is 0.500. The van der Waals surface area contributed by atoms with Crippen LogP contribution in [0.4, 0.5) is 0 Å². The van der Waals surface area contributed by atoms with Gasteiger partial charge in [0.25, 0.3) is 0 Å². The van der Waals surface area contributed by atoms with Crippen LogP contribution >= 0.6 is 0 Å². The third-order valence-electron chi connectivity index (χ3n) is 0.592. The van der Waals surface area contributed by atoms with E-state index in [0.29, 0.717) is 12.8 Å². The van der Waals surface area contributed by atoms with Crippen molar-refractivity contribution in [2.45, 2.75) is 13.3 Å². The number of carbonyl (C=O) groups excluding carboxylic acids is 2. The molecule has 4 heteroatoms. The Kier molecular flexibility index (Phi) is 3.56. The minimum atomic E-state index is -0.197. The van der Waals surface area contributed by atoms with Crippen molar-refractivity contribution in [2.24, 2.45) is 0 Å². The third-order valence-corrected chi connectivity index (χ3v) is 0.592. The van der Waals surface area contributed by atoms with Gasteiger partial charge in [0, 0.05) is 6.42 Å². The Labute approximate surface area is 47.2 Å². The molecule has 0 unspecified atom stereocenters. The van der Waals surface area contributed by atoms with Crippen molar-refractivity contribution in [1.82, 2.24) is 10.9 Å². The second-order valence-electron chi connectivity index (χ2n) is 1.16. The highest BCUT2D eigenvalue weighted by atomic mass is 16.2. The first-order chi connectivity index (χ1) is 3.81. The summed E-state index contributed by atoms with van der Waals surface area (Å²) in [6, 6.07) is 0. The maximum absolute atomic E-state index is 10.2. The summed E-state index contributed by atoms with van der Waals surface area (Å²) in [7, 11) is 0. The lowest BCUT2D eigenvalue weighted by atomic mass is 10.5. The zero-order chi connectivity index (χ0) is 6.41. The van der Waals surface area contributed by atoms with E-state index in [-0.39, 0.29) is 5.91 Å². The molecule has 0 aliphatic heterocycles. The van der Waals surface area contributed by atoms with Crippen LogP contribution in [0.2, 0.25) is 0 Å². The van der Waals surface area contributed by atoms with Crippen LogP contribution in [0.5, 0.6) is 0 Å². The molecule has 0 rings (SSSR count). The molecule has 0 aromatic carbocycles. The SMILES string of the molecule is CCC(=O)NNC=O. The molecule has 0 heterocycles. The highest BCUT2D eigenvalue weighted by molar-refractivity contribution is 5.76. The Morgan fingerprint density at radius 2 is 2.38 bits per heavy atom. The van der Waals surface area contributed by atoms with Gasteiger partial charge in [0.05, 0.1) is 0 Å². The molecule has 0 saturated heterocycles. The Morgan fingerprint density at radius 3 is 2.75 bits per heavy atom. The predicted molar refractivity (Wildman–Crippen MR) is 27.6 cm³/mol. The summed E-state index contributed by atoms with van der Waals surface area (Å²) >= 11 is 0. The number of rotatable bonds is 3. The Bertz CT molecular complexity index is 92.0. The smallest absolute Gasteiger partial charge is 0.238 e. The third kappa shape index (κ3) is 3.14. The van der Waals surface area contributed by atoms with Gasteiger partial charge in [0.15, 0.2) is 0 Å². The van der Waals surface area contributed by atoms with E-state index in [1.165, 1.54) is 0 Å². The van der Waals surface area contributed by atoms with Crippen LogP contribution in [0.25, 0.3) is 0 Å². The van der Waals surface area contributed by atoms with E-state index in [0.717, 1.165) is 0 Å². The van der Waals surface area contributed by atoms with Crippen LogP contribution in [0, 0.1) is 0 Å². The summed E-state index contributed by atoms with van der Waals surface area (Å²) in [6.07, 6.45) is 0.786. The molecule has 2 N–H and O–H groups in total. The zero-order valence-electron chi connectivity index (χ0n) is 4.60. The Hall–Kier alpha value is -1.06. The standard InChI is InChI=1S/C4H8N2O2/c1-2-4(8)6-5-3-7/h3H,2H2,1H3,(H,5,7)(H,6,8). The highest BCUT2D eigenvalue weighted by Gasteiger charge is 1.89.